The average molecular weight is 230 g/mol. The summed E-state index contributed by atoms with van der Waals surface area (Å²) in [6, 6.07) is 0. The third kappa shape index (κ3) is 10.2. The molecule has 0 spiro atoms. The van der Waals surface area contributed by atoms with Gasteiger partial charge in [0.2, 0.25) is 0 Å². The molecule has 0 rings (SSSR count). The van der Waals surface area contributed by atoms with Crippen molar-refractivity contribution in [3.63, 3.8) is 0 Å². The zero-order chi connectivity index (χ0) is 11.4. The van der Waals surface area contributed by atoms with Gasteiger partial charge in [-0.25, -0.2) is 0 Å². The zero-order valence-corrected chi connectivity index (χ0v) is 12.8. The van der Waals surface area contributed by atoms with Crippen LogP contribution in [0.25, 0.3) is 0 Å². The minimum absolute atomic E-state index is 0.384. The van der Waals surface area contributed by atoms with E-state index in [9.17, 15) is 0 Å². The average Bonchev–Trinajstić information content (AvgIpc) is 1.78. The predicted molar refractivity (Wildman–Crippen MR) is 71.0 cm³/mol. The Morgan fingerprint density at radius 2 is 1.57 bits per heavy atom. The van der Waals surface area contributed by atoms with Crippen molar-refractivity contribution >= 4 is 16.4 Å². The lowest BCUT2D eigenvalue weighted by Crippen LogP contribution is -2.30. The highest BCUT2D eigenvalue weighted by atomic mass is 28.4. The largest absolute Gasteiger partial charge is 0.415 e. The molecular formula is C11H26OSi2. The Labute approximate surface area is 91.7 Å². The summed E-state index contributed by atoms with van der Waals surface area (Å²) in [5.74, 6) is 0. The summed E-state index contributed by atoms with van der Waals surface area (Å²) < 4.78 is 5.96. The smallest absolute Gasteiger partial charge is 0.184 e. The molecule has 0 N–H and O–H groups in total. The third-order valence-electron chi connectivity index (χ3n) is 1.64. The van der Waals surface area contributed by atoms with E-state index in [1.165, 1.54) is 0 Å². The first kappa shape index (κ1) is 14.1. The van der Waals surface area contributed by atoms with Crippen molar-refractivity contribution in [3.05, 3.63) is 11.8 Å². The molecule has 0 saturated heterocycles. The highest BCUT2D eigenvalue weighted by Crippen LogP contribution is 2.11. The van der Waals surface area contributed by atoms with Gasteiger partial charge in [-0.2, -0.15) is 0 Å². The molecule has 0 aliphatic heterocycles. The van der Waals surface area contributed by atoms with Crippen LogP contribution in [0, 0.1) is 0 Å². The molecule has 0 aliphatic rings. The lowest BCUT2D eigenvalue weighted by Gasteiger charge is -2.22. The molecule has 0 radical (unpaired) electrons. The van der Waals surface area contributed by atoms with Crippen LogP contribution in [0.15, 0.2) is 11.8 Å². The van der Waals surface area contributed by atoms with E-state index in [1.807, 2.05) is 0 Å². The van der Waals surface area contributed by atoms with E-state index in [1.54, 1.807) is 0 Å². The van der Waals surface area contributed by atoms with E-state index in [-0.39, 0.29) is 0 Å². The van der Waals surface area contributed by atoms with Crippen molar-refractivity contribution in [2.75, 3.05) is 0 Å². The maximum Gasteiger partial charge on any atom is 0.184 e. The molecule has 0 aliphatic carbocycles. The second-order valence-electron chi connectivity index (χ2n) is 6.04. The van der Waals surface area contributed by atoms with Gasteiger partial charge in [0.25, 0.3) is 0 Å². The van der Waals surface area contributed by atoms with Crippen LogP contribution in [0.3, 0.4) is 0 Å². The molecule has 84 valence electrons. The fourth-order valence-corrected chi connectivity index (χ4v) is 3.41. The van der Waals surface area contributed by atoms with Crippen molar-refractivity contribution < 1.29 is 4.43 Å². The van der Waals surface area contributed by atoms with E-state index in [0.29, 0.717) is 6.10 Å². The molecular weight excluding hydrogens is 204 g/mol. The second kappa shape index (κ2) is 5.28. The predicted octanol–water partition coefficient (Wildman–Crippen LogP) is 4.05. The van der Waals surface area contributed by atoms with Gasteiger partial charge in [0.05, 0.1) is 8.07 Å². The number of rotatable bonds is 5. The van der Waals surface area contributed by atoms with Crippen LogP contribution in [0.5, 0.6) is 0 Å². The van der Waals surface area contributed by atoms with Crippen LogP contribution in [-0.2, 0) is 4.43 Å². The van der Waals surface area contributed by atoms with Gasteiger partial charge < -0.3 is 4.43 Å². The SMILES string of the molecule is CC(C/C=C\[Si](C)(C)C)O[Si](C)(C)C. The van der Waals surface area contributed by atoms with Gasteiger partial charge in [0.15, 0.2) is 8.32 Å². The molecule has 0 amide bonds. The Balaban J connectivity index is 3.86. The molecule has 0 bridgehead atoms. The first-order chi connectivity index (χ1) is 6.10. The van der Waals surface area contributed by atoms with Gasteiger partial charge in [-0.3, -0.25) is 0 Å². The van der Waals surface area contributed by atoms with E-state index in [0.717, 1.165) is 6.42 Å². The highest BCUT2D eigenvalue weighted by Gasteiger charge is 2.17. The number of hydrogen-bond donors (Lipinski definition) is 0. The summed E-state index contributed by atoms with van der Waals surface area (Å²) in [5, 5.41) is 0. The fourth-order valence-electron chi connectivity index (χ4n) is 1.26. The van der Waals surface area contributed by atoms with Gasteiger partial charge in [-0.15, -0.1) is 0 Å². The minimum atomic E-state index is -1.34. The maximum absolute atomic E-state index is 5.96. The summed E-state index contributed by atoms with van der Waals surface area (Å²) in [4.78, 5) is 0. The maximum atomic E-state index is 5.96. The topological polar surface area (TPSA) is 9.23 Å². The van der Waals surface area contributed by atoms with Gasteiger partial charge >= 0.3 is 0 Å². The Morgan fingerprint density at radius 3 is 1.93 bits per heavy atom. The number of hydrogen-bond acceptors (Lipinski definition) is 1. The molecule has 14 heavy (non-hydrogen) atoms. The molecule has 1 nitrogen and oxygen atoms in total. The molecule has 0 aromatic carbocycles. The normalized spacial score (nSPS) is 16.2. The van der Waals surface area contributed by atoms with Gasteiger partial charge in [-0.05, 0) is 33.0 Å². The van der Waals surface area contributed by atoms with Crippen molar-refractivity contribution in [3.8, 4) is 0 Å². The minimum Gasteiger partial charge on any atom is -0.415 e. The molecule has 0 fully saturated rings. The molecule has 3 heteroatoms. The van der Waals surface area contributed by atoms with Crippen molar-refractivity contribution in [2.24, 2.45) is 0 Å². The quantitative estimate of drug-likeness (QED) is 0.648. The van der Waals surface area contributed by atoms with Crippen LogP contribution < -0.4 is 0 Å². The standard InChI is InChI=1S/C11H26OSi2/c1-11(12-14(5,6)7)9-8-10-13(2,3)4/h8,10-11H,9H2,1-7H3/b10-8-. The Bertz CT molecular complexity index is 186. The fraction of sp³-hybridized carbons (Fsp3) is 0.818. The second-order valence-corrected chi connectivity index (χ2v) is 15.6. The van der Waals surface area contributed by atoms with Crippen LogP contribution in [-0.4, -0.2) is 22.5 Å². The summed E-state index contributed by atoms with van der Waals surface area (Å²) >= 11 is 0. The first-order valence-corrected chi connectivity index (χ1v) is 12.4. The van der Waals surface area contributed by atoms with Crippen molar-refractivity contribution in [2.45, 2.75) is 58.7 Å². The van der Waals surface area contributed by atoms with E-state index >= 15 is 0 Å². The van der Waals surface area contributed by atoms with Gasteiger partial charge in [0.1, 0.15) is 0 Å². The van der Waals surface area contributed by atoms with E-state index < -0.39 is 16.4 Å². The zero-order valence-electron chi connectivity index (χ0n) is 10.8. The van der Waals surface area contributed by atoms with Crippen LogP contribution in [0.2, 0.25) is 39.3 Å². The Morgan fingerprint density at radius 1 is 1.07 bits per heavy atom. The van der Waals surface area contributed by atoms with Crippen LogP contribution in [0.1, 0.15) is 13.3 Å². The monoisotopic (exact) mass is 230 g/mol. The van der Waals surface area contributed by atoms with Gasteiger partial charge in [0, 0.05) is 6.10 Å². The summed E-state index contributed by atoms with van der Waals surface area (Å²) in [5.41, 5.74) is 2.40. The summed E-state index contributed by atoms with van der Waals surface area (Å²) in [6.07, 6.45) is 3.75. The molecule has 1 atom stereocenters. The lowest BCUT2D eigenvalue weighted by atomic mass is 10.3. The molecule has 1 unspecified atom stereocenters. The third-order valence-corrected chi connectivity index (χ3v) is 3.99. The first-order valence-electron chi connectivity index (χ1n) is 5.46. The van der Waals surface area contributed by atoms with Crippen molar-refractivity contribution in [1.82, 2.24) is 0 Å². The van der Waals surface area contributed by atoms with E-state index in [2.05, 4.69) is 58.0 Å². The highest BCUT2D eigenvalue weighted by molar-refractivity contribution is 6.80. The van der Waals surface area contributed by atoms with E-state index in [4.69, 9.17) is 4.43 Å². The molecule has 0 aromatic rings. The Kier molecular flexibility index (Phi) is 5.33. The summed E-state index contributed by atoms with van der Waals surface area (Å²) in [7, 11) is -2.35. The molecule has 0 aromatic heterocycles. The lowest BCUT2D eigenvalue weighted by molar-refractivity contribution is 0.218. The van der Waals surface area contributed by atoms with Crippen LogP contribution in [0.4, 0.5) is 0 Å². The van der Waals surface area contributed by atoms with Gasteiger partial charge in [-0.1, -0.05) is 31.4 Å². The van der Waals surface area contributed by atoms with Crippen LogP contribution >= 0.6 is 0 Å². The Hall–Kier alpha value is 0.134. The van der Waals surface area contributed by atoms with Crippen molar-refractivity contribution in [1.29, 1.82) is 0 Å². The summed E-state index contributed by atoms with van der Waals surface area (Å²) in [6.45, 7) is 16.0. The molecule has 0 heterocycles. The molecule has 0 saturated carbocycles.